The van der Waals surface area contributed by atoms with Gasteiger partial charge in [-0.05, 0) is 75.7 Å². The van der Waals surface area contributed by atoms with Gasteiger partial charge < -0.3 is 0 Å². The number of hydrogen-bond acceptors (Lipinski definition) is 0. The van der Waals surface area contributed by atoms with E-state index in [1.807, 2.05) is 0 Å². The fourth-order valence-corrected chi connectivity index (χ4v) is 6.96. The summed E-state index contributed by atoms with van der Waals surface area (Å²) in [5.41, 5.74) is 14.0. The van der Waals surface area contributed by atoms with Crippen LogP contribution < -0.4 is 9.13 Å². The molecule has 0 saturated heterocycles. The van der Waals surface area contributed by atoms with Gasteiger partial charge in [0, 0.05) is 41.3 Å². The molecule has 0 atom stereocenters. The molecule has 4 aromatic carbocycles. The van der Waals surface area contributed by atoms with E-state index < -0.39 is 0 Å². The molecule has 7 rings (SSSR count). The number of aryl methyl sites for hydroxylation is 3. The third kappa shape index (κ3) is 4.10. The second-order valence-corrected chi connectivity index (χ2v) is 12.1. The molecular formula is C40H36N2+2. The summed E-state index contributed by atoms with van der Waals surface area (Å²) in [6.45, 7) is 9.16. The van der Waals surface area contributed by atoms with E-state index in [1.54, 1.807) is 0 Å². The van der Waals surface area contributed by atoms with Crippen LogP contribution in [0.2, 0.25) is 0 Å². The Labute approximate surface area is 248 Å². The van der Waals surface area contributed by atoms with Crippen LogP contribution >= 0.6 is 0 Å². The minimum atomic E-state index is -0.173. The number of pyridine rings is 2. The average Bonchev–Trinajstić information content (AvgIpc) is 3.24. The van der Waals surface area contributed by atoms with Gasteiger partial charge in [-0.15, -0.1) is 0 Å². The van der Waals surface area contributed by atoms with Crippen molar-refractivity contribution in [3.63, 3.8) is 0 Å². The Morgan fingerprint density at radius 1 is 0.643 bits per heavy atom. The molecule has 0 spiro atoms. The van der Waals surface area contributed by atoms with Gasteiger partial charge in [-0.3, -0.25) is 0 Å². The minimum absolute atomic E-state index is 0.173. The van der Waals surface area contributed by atoms with Crippen molar-refractivity contribution in [1.29, 1.82) is 0 Å². The van der Waals surface area contributed by atoms with E-state index in [0.717, 1.165) is 0 Å². The largest absolute Gasteiger partial charge is 0.218 e. The van der Waals surface area contributed by atoms with Crippen molar-refractivity contribution in [3.8, 4) is 33.6 Å². The summed E-state index contributed by atoms with van der Waals surface area (Å²) in [6.07, 6.45) is 8.83. The zero-order valence-corrected chi connectivity index (χ0v) is 25.0. The van der Waals surface area contributed by atoms with Crippen LogP contribution in [0.3, 0.4) is 0 Å². The summed E-state index contributed by atoms with van der Waals surface area (Å²) in [5.74, 6) is 0. The molecule has 6 aromatic rings. The predicted octanol–water partition coefficient (Wildman–Crippen LogP) is 8.84. The molecule has 0 saturated carbocycles. The summed E-state index contributed by atoms with van der Waals surface area (Å²) in [7, 11) is 2.16. The number of hydrogen-bond donors (Lipinski definition) is 0. The van der Waals surface area contributed by atoms with Crippen LogP contribution in [0.4, 0.5) is 0 Å². The number of fused-ring (bicyclic) bond motifs is 5. The van der Waals surface area contributed by atoms with Gasteiger partial charge in [-0.1, -0.05) is 80.6 Å². The quantitative estimate of drug-likeness (QED) is 0.196. The molecule has 0 N–H and O–H groups in total. The number of rotatable bonds is 4. The lowest BCUT2D eigenvalue weighted by Gasteiger charge is -2.26. The lowest BCUT2D eigenvalue weighted by molar-refractivity contribution is -0.660. The fourth-order valence-electron chi connectivity index (χ4n) is 6.96. The van der Waals surface area contributed by atoms with Crippen LogP contribution in [0.1, 0.15) is 41.7 Å². The second kappa shape index (κ2) is 9.92. The molecule has 2 heterocycles. The Morgan fingerprint density at radius 2 is 1.38 bits per heavy atom. The van der Waals surface area contributed by atoms with Gasteiger partial charge in [0.15, 0.2) is 18.6 Å². The molecule has 2 heteroatoms. The third-order valence-corrected chi connectivity index (χ3v) is 8.99. The first-order chi connectivity index (χ1) is 20.3. The van der Waals surface area contributed by atoms with Crippen molar-refractivity contribution in [3.05, 3.63) is 143 Å². The standard InChI is InChI=1S/C40H36N2/c1-27-21-24-41(5)36(26-27)37-30(22-25-42-23-11-10-16-35(42)31-14-8-6-12-28(31)2)18-20-34-33-19-17-29-13-7-9-15-32(29)38(33)40(3,4)39(34)37/h6-26H,1-5H3/q+2/b25-22-. The molecule has 0 fully saturated rings. The van der Waals surface area contributed by atoms with Gasteiger partial charge in [-0.25, -0.2) is 4.57 Å². The number of aromatic nitrogens is 2. The highest BCUT2D eigenvalue weighted by Crippen LogP contribution is 2.54. The Hall–Kier alpha value is -4.82. The first-order valence-electron chi connectivity index (χ1n) is 14.8. The molecule has 1 aliphatic carbocycles. The van der Waals surface area contributed by atoms with Crippen molar-refractivity contribution in [2.24, 2.45) is 7.05 Å². The minimum Gasteiger partial charge on any atom is -0.201 e. The molecule has 1 aliphatic rings. The van der Waals surface area contributed by atoms with Gasteiger partial charge in [0.2, 0.25) is 11.4 Å². The molecule has 0 unspecified atom stereocenters. The summed E-state index contributed by atoms with van der Waals surface area (Å²) in [6, 6.07) is 37.6. The highest BCUT2D eigenvalue weighted by molar-refractivity contribution is 6.00. The molecule has 2 nitrogen and oxygen atoms in total. The van der Waals surface area contributed by atoms with Crippen LogP contribution in [0.5, 0.6) is 0 Å². The third-order valence-electron chi connectivity index (χ3n) is 8.99. The molecule has 0 bridgehead atoms. The monoisotopic (exact) mass is 544 g/mol. The van der Waals surface area contributed by atoms with E-state index in [1.165, 1.54) is 72.2 Å². The lowest BCUT2D eigenvalue weighted by Crippen LogP contribution is -2.32. The topological polar surface area (TPSA) is 7.76 Å². The summed E-state index contributed by atoms with van der Waals surface area (Å²) < 4.78 is 4.51. The van der Waals surface area contributed by atoms with Crippen LogP contribution in [0, 0.1) is 13.8 Å². The van der Waals surface area contributed by atoms with Gasteiger partial charge in [0.1, 0.15) is 7.05 Å². The van der Waals surface area contributed by atoms with E-state index in [0.29, 0.717) is 0 Å². The summed E-state index contributed by atoms with van der Waals surface area (Å²) >= 11 is 0. The van der Waals surface area contributed by atoms with Gasteiger partial charge in [-0.2, -0.15) is 4.57 Å². The van der Waals surface area contributed by atoms with E-state index in [9.17, 15) is 0 Å². The molecule has 0 radical (unpaired) electrons. The molecule has 204 valence electrons. The van der Waals surface area contributed by atoms with E-state index in [4.69, 9.17) is 0 Å². The van der Waals surface area contributed by atoms with E-state index in [-0.39, 0.29) is 5.41 Å². The zero-order valence-electron chi connectivity index (χ0n) is 25.0. The predicted molar refractivity (Wildman–Crippen MR) is 175 cm³/mol. The normalized spacial score (nSPS) is 13.5. The SMILES string of the molecule is Cc1cc[n+](C)c(-c2c(/C=C\[n+]3ccccc3-c3ccccc3C)ccc3c2C(C)(C)c2c-3ccc3ccccc23)c1. The number of nitrogens with zero attached hydrogens (tertiary/aromatic N) is 2. The smallest absolute Gasteiger partial charge is 0.201 e. The molecule has 2 aromatic heterocycles. The molecular weight excluding hydrogens is 508 g/mol. The van der Waals surface area contributed by atoms with Crippen molar-refractivity contribution < 1.29 is 9.13 Å². The Kier molecular flexibility index (Phi) is 6.17. The highest BCUT2D eigenvalue weighted by atomic mass is 14.9. The maximum atomic E-state index is 2.40. The van der Waals surface area contributed by atoms with Crippen molar-refractivity contribution in [2.75, 3.05) is 0 Å². The van der Waals surface area contributed by atoms with Crippen LogP contribution in [0.15, 0.2) is 116 Å². The molecule has 0 amide bonds. The van der Waals surface area contributed by atoms with Gasteiger partial charge >= 0.3 is 0 Å². The maximum absolute atomic E-state index is 2.40. The lowest BCUT2D eigenvalue weighted by atomic mass is 9.76. The molecule has 0 aliphatic heterocycles. The van der Waals surface area contributed by atoms with Crippen LogP contribution in [-0.4, -0.2) is 0 Å². The maximum Gasteiger partial charge on any atom is 0.218 e. The van der Waals surface area contributed by atoms with Gasteiger partial charge in [0.05, 0.1) is 5.56 Å². The van der Waals surface area contributed by atoms with Crippen molar-refractivity contribution in [1.82, 2.24) is 0 Å². The Bertz CT molecular complexity index is 2040. The second-order valence-electron chi connectivity index (χ2n) is 12.1. The zero-order chi connectivity index (χ0) is 29.0. The van der Waals surface area contributed by atoms with Crippen LogP contribution in [-0.2, 0) is 12.5 Å². The Balaban J connectivity index is 1.48. The van der Waals surface area contributed by atoms with Crippen molar-refractivity contribution >= 4 is 23.0 Å². The molecule has 42 heavy (non-hydrogen) atoms. The first kappa shape index (κ1) is 26.1. The summed E-state index contributed by atoms with van der Waals surface area (Å²) in [4.78, 5) is 0. The first-order valence-corrected chi connectivity index (χ1v) is 14.8. The van der Waals surface area contributed by atoms with Gasteiger partial charge in [0.25, 0.3) is 0 Å². The number of benzene rings is 4. The average molecular weight is 545 g/mol. The highest BCUT2D eigenvalue weighted by Gasteiger charge is 2.41. The van der Waals surface area contributed by atoms with Crippen LogP contribution in [0.25, 0.3) is 56.7 Å². The fraction of sp³-hybridized carbons (Fsp3) is 0.150. The van der Waals surface area contributed by atoms with E-state index in [2.05, 4.69) is 172 Å². The van der Waals surface area contributed by atoms with Crippen molar-refractivity contribution in [2.45, 2.75) is 33.1 Å². The van der Waals surface area contributed by atoms with E-state index >= 15 is 0 Å². The Morgan fingerprint density at radius 3 is 2.24 bits per heavy atom. The summed E-state index contributed by atoms with van der Waals surface area (Å²) in [5, 5.41) is 2.64.